The Morgan fingerprint density at radius 3 is 1.62 bits per heavy atom. The summed E-state index contributed by atoms with van der Waals surface area (Å²) in [4.78, 5) is 116. The highest BCUT2D eigenvalue weighted by molar-refractivity contribution is 5.99. The molecule has 66 heavy (non-hydrogen) atoms. The average Bonchev–Trinajstić information content (AvgIpc) is 4.01. The van der Waals surface area contributed by atoms with Crippen molar-refractivity contribution in [3.8, 4) is 0 Å². The van der Waals surface area contributed by atoms with Crippen molar-refractivity contribution in [3.05, 3.63) is 71.8 Å². The van der Waals surface area contributed by atoms with Crippen molar-refractivity contribution < 1.29 is 38.4 Å². The fraction of sp³-hybridized carbons (Fsp3) is 0.543. The summed E-state index contributed by atoms with van der Waals surface area (Å²) < 4.78 is 0. The number of carbonyl (C=O) groups is 8. The lowest BCUT2D eigenvalue weighted by atomic mass is 10.0. The Labute approximate surface area is 385 Å². The fourth-order valence-corrected chi connectivity index (χ4v) is 8.56. The second-order valence-corrected chi connectivity index (χ2v) is 17.2. The van der Waals surface area contributed by atoms with Crippen molar-refractivity contribution in [1.29, 1.82) is 5.41 Å². The molecule has 0 aromatic heterocycles. The topological polar surface area (TPSA) is 303 Å². The molecule has 0 radical (unpaired) electrons. The van der Waals surface area contributed by atoms with E-state index in [4.69, 9.17) is 16.9 Å². The van der Waals surface area contributed by atoms with Crippen LogP contribution in [0.5, 0.6) is 0 Å². The van der Waals surface area contributed by atoms with Crippen molar-refractivity contribution >= 4 is 53.2 Å². The Kier molecular flexibility index (Phi) is 18.8. The molecule has 0 aliphatic carbocycles. The Morgan fingerprint density at radius 1 is 0.606 bits per heavy atom. The number of nitrogens with two attached hydrogens (primary N) is 2. The molecule has 358 valence electrons. The molecule has 2 aromatic carbocycles. The summed E-state index contributed by atoms with van der Waals surface area (Å²) in [6.07, 6.45) is 3.48. The fourth-order valence-electron chi connectivity index (χ4n) is 8.56. The summed E-state index contributed by atoms with van der Waals surface area (Å²) in [5.41, 5.74) is 12.9. The van der Waals surface area contributed by atoms with Crippen molar-refractivity contribution in [3.63, 3.8) is 0 Å². The van der Waals surface area contributed by atoms with Crippen molar-refractivity contribution in [1.82, 2.24) is 47.0 Å². The number of rotatable bonds is 12. The Bertz CT molecular complexity index is 2040. The van der Waals surface area contributed by atoms with Gasteiger partial charge in [0.1, 0.15) is 48.3 Å². The van der Waals surface area contributed by atoms with E-state index in [0.717, 1.165) is 0 Å². The van der Waals surface area contributed by atoms with Crippen molar-refractivity contribution in [2.45, 2.75) is 133 Å². The van der Waals surface area contributed by atoms with E-state index in [9.17, 15) is 38.4 Å². The van der Waals surface area contributed by atoms with E-state index in [0.29, 0.717) is 49.7 Å². The molecule has 0 bridgehead atoms. The lowest BCUT2D eigenvalue weighted by Crippen LogP contribution is -2.62. The van der Waals surface area contributed by atoms with Gasteiger partial charge in [0.15, 0.2) is 5.96 Å². The van der Waals surface area contributed by atoms with Gasteiger partial charge >= 0.3 is 0 Å². The predicted octanol–water partition coefficient (Wildman–Crippen LogP) is -1.19. The molecule has 2 aromatic rings. The molecular formula is C46H66N12O8. The number of hydrogen-bond donors (Lipinski definition) is 10. The molecule has 3 fully saturated rings. The SMILES string of the molecule is CCCC[C@@H]1NC(=O)[C@H](C)NC(=O)[C@H](CN)NC(=O)[C@H](Cc2ccccc2)NC(=O)[C@H](Cc2ccccc2)NC(=O)[C@H](CCCNC(=N)N)NC(=O)[C@@H]2CCCN2C(=O)[C@H]2CCCN2C1=O. The maximum atomic E-state index is 14.5. The molecule has 8 atom stereocenters. The Morgan fingerprint density at radius 2 is 1.08 bits per heavy atom. The molecule has 0 saturated carbocycles. The maximum Gasteiger partial charge on any atom is 0.246 e. The van der Waals surface area contributed by atoms with E-state index >= 15 is 0 Å². The van der Waals surface area contributed by atoms with E-state index in [1.165, 1.54) is 16.7 Å². The Balaban J connectivity index is 1.53. The van der Waals surface area contributed by atoms with Crippen LogP contribution in [0, 0.1) is 5.41 Å². The number of carbonyl (C=O) groups excluding carboxylic acids is 8. The first-order valence-corrected chi connectivity index (χ1v) is 23.0. The second-order valence-electron chi connectivity index (χ2n) is 17.2. The molecular weight excluding hydrogens is 849 g/mol. The van der Waals surface area contributed by atoms with E-state index in [2.05, 4.69) is 37.2 Å². The van der Waals surface area contributed by atoms with Crippen LogP contribution in [0.15, 0.2) is 60.7 Å². The monoisotopic (exact) mass is 915 g/mol. The summed E-state index contributed by atoms with van der Waals surface area (Å²) in [6, 6.07) is 8.52. The molecule has 3 aliphatic heterocycles. The molecule has 0 unspecified atom stereocenters. The van der Waals surface area contributed by atoms with E-state index in [1.54, 1.807) is 60.7 Å². The number of fused-ring (bicyclic) bond motifs is 2. The lowest BCUT2D eigenvalue weighted by Gasteiger charge is -2.33. The minimum atomic E-state index is -1.35. The molecule has 3 aliphatic rings. The maximum absolute atomic E-state index is 14.5. The van der Waals surface area contributed by atoms with Crippen LogP contribution >= 0.6 is 0 Å². The summed E-state index contributed by atoms with van der Waals surface area (Å²) in [6.45, 7) is 3.68. The molecule has 20 heteroatoms. The van der Waals surface area contributed by atoms with Gasteiger partial charge < -0.3 is 58.5 Å². The normalized spacial score (nSPS) is 26.4. The number of hydrogen-bond acceptors (Lipinski definition) is 10. The van der Waals surface area contributed by atoms with E-state index < -0.39 is 95.6 Å². The molecule has 8 amide bonds. The zero-order valence-corrected chi connectivity index (χ0v) is 37.8. The van der Waals surface area contributed by atoms with Gasteiger partial charge in [-0.15, -0.1) is 0 Å². The first kappa shape index (κ1) is 50.4. The molecule has 3 heterocycles. The lowest BCUT2D eigenvalue weighted by molar-refractivity contribution is -0.148. The third-order valence-electron chi connectivity index (χ3n) is 12.2. The number of amides is 8. The van der Waals surface area contributed by atoms with Gasteiger partial charge in [-0.2, -0.15) is 0 Å². The van der Waals surface area contributed by atoms with Gasteiger partial charge in [0.25, 0.3) is 0 Å². The van der Waals surface area contributed by atoms with Crippen LogP contribution in [0.4, 0.5) is 0 Å². The highest BCUT2D eigenvalue weighted by Crippen LogP contribution is 2.26. The quantitative estimate of drug-likeness (QED) is 0.0686. The smallest absolute Gasteiger partial charge is 0.246 e. The number of guanidine groups is 1. The highest BCUT2D eigenvalue weighted by Gasteiger charge is 2.44. The standard InChI is InChI=1S/C46H66N12O8/c1-3-4-18-32-44(65)58-24-13-21-37(58)45(66)57-23-12-20-36(57)43(64)52-31(19-11-22-50-46(48)49)39(60)54-33(25-29-14-7-5-8-15-29)40(61)55-34(26-30-16-9-6-10-17-30)41(62)56-35(27-47)42(63)51-28(2)38(59)53-32/h5-10,14-17,28,31-37H,3-4,11-13,18-27,47H2,1-2H3,(H,51,63)(H,52,64)(H,53,59)(H,54,60)(H,55,61)(H,56,62)(H4,48,49,50)/t28-,31-,32-,33-,34-,35-,36-,37+/m0/s1. The summed E-state index contributed by atoms with van der Waals surface area (Å²) in [5.74, 6) is -5.40. The third kappa shape index (κ3) is 14.0. The van der Waals surface area contributed by atoms with Gasteiger partial charge in [-0.25, -0.2) is 0 Å². The number of unbranched alkanes of at least 4 members (excludes halogenated alkanes) is 1. The predicted molar refractivity (Wildman–Crippen MR) is 245 cm³/mol. The molecule has 12 N–H and O–H groups in total. The Hall–Kier alpha value is -6.57. The summed E-state index contributed by atoms with van der Waals surface area (Å²) in [7, 11) is 0. The molecule has 0 spiro atoms. The minimum absolute atomic E-state index is 0.0146. The average molecular weight is 915 g/mol. The molecule has 20 nitrogen and oxygen atoms in total. The molecule has 3 saturated heterocycles. The summed E-state index contributed by atoms with van der Waals surface area (Å²) in [5, 5.41) is 26.7. The first-order chi connectivity index (χ1) is 31.7. The third-order valence-corrected chi connectivity index (χ3v) is 12.2. The second kappa shape index (κ2) is 24.6. The van der Waals surface area contributed by atoms with E-state index in [-0.39, 0.29) is 64.2 Å². The van der Waals surface area contributed by atoms with Gasteiger partial charge in [-0.3, -0.25) is 43.8 Å². The van der Waals surface area contributed by atoms with Crippen LogP contribution in [0.3, 0.4) is 0 Å². The minimum Gasteiger partial charge on any atom is -0.370 e. The highest BCUT2D eigenvalue weighted by atomic mass is 16.2. The summed E-state index contributed by atoms with van der Waals surface area (Å²) >= 11 is 0. The first-order valence-electron chi connectivity index (χ1n) is 23.0. The zero-order valence-electron chi connectivity index (χ0n) is 37.8. The van der Waals surface area contributed by atoms with Gasteiger partial charge in [-0.1, -0.05) is 80.4 Å². The number of benzene rings is 2. The van der Waals surface area contributed by atoms with Crippen LogP contribution in [-0.4, -0.2) is 138 Å². The van der Waals surface area contributed by atoms with Crippen molar-refractivity contribution in [2.24, 2.45) is 11.5 Å². The van der Waals surface area contributed by atoms with Gasteiger partial charge in [-0.05, 0) is 63.0 Å². The molecule has 5 rings (SSSR count). The zero-order chi connectivity index (χ0) is 47.8. The van der Waals surface area contributed by atoms with Crippen LogP contribution in [-0.2, 0) is 51.2 Å². The largest absolute Gasteiger partial charge is 0.370 e. The van der Waals surface area contributed by atoms with Crippen LogP contribution < -0.4 is 48.7 Å². The van der Waals surface area contributed by atoms with Crippen LogP contribution in [0.2, 0.25) is 0 Å². The number of nitrogens with one attached hydrogen (secondary N) is 8. The van der Waals surface area contributed by atoms with Gasteiger partial charge in [0.2, 0.25) is 47.3 Å². The van der Waals surface area contributed by atoms with Gasteiger partial charge in [0, 0.05) is 39.0 Å². The van der Waals surface area contributed by atoms with Crippen molar-refractivity contribution in [2.75, 3.05) is 26.2 Å². The van der Waals surface area contributed by atoms with Crippen LogP contribution in [0.1, 0.15) is 82.8 Å². The van der Waals surface area contributed by atoms with E-state index in [1.807, 2.05) is 6.92 Å². The van der Waals surface area contributed by atoms with Crippen LogP contribution in [0.25, 0.3) is 0 Å². The van der Waals surface area contributed by atoms with Gasteiger partial charge in [0.05, 0.1) is 0 Å². The number of nitrogens with zero attached hydrogens (tertiary/aromatic N) is 2.